The van der Waals surface area contributed by atoms with Gasteiger partial charge in [0.05, 0.1) is 6.10 Å². The molecule has 1 aliphatic rings. The van der Waals surface area contributed by atoms with Crippen molar-refractivity contribution in [2.45, 2.75) is 24.5 Å². The van der Waals surface area contributed by atoms with Crippen LogP contribution in [0.3, 0.4) is 0 Å². The molecule has 1 saturated heterocycles. The van der Waals surface area contributed by atoms with Crippen LogP contribution in [0.2, 0.25) is 0 Å². The number of rotatable bonds is 6. The maximum atomic E-state index is 13.0. The average molecular weight is 328 g/mol. The van der Waals surface area contributed by atoms with Crippen LogP contribution < -0.4 is 10.6 Å². The molecule has 1 aliphatic heterocycles. The van der Waals surface area contributed by atoms with Crippen LogP contribution in [0, 0.1) is 0 Å². The molecule has 0 saturated carbocycles. The van der Waals surface area contributed by atoms with Crippen LogP contribution in [-0.4, -0.2) is 42.4 Å². The van der Waals surface area contributed by atoms with Crippen molar-refractivity contribution in [1.29, 1.82) is 0 Å². The highest BCUT2D eigenvalue weighted by Crippen LogP contribution is 2.27. The maximum Gasteiger partial charge on any atom is 0.248 e. The minimum absolute atomic E-state index is 0.00526. The van der Waals surface area contributed by atoms with Crippen LogP contribution in [0.1, 0.15) is 24.5 Å². The molecule has 2 aromatic rings. The summed E-state index contributed by atoms with van der Waals surface area (Å²) in [6.45, 7) is 2.05. The van der Waals surface area contributed by atoms with Crippen molar-refractivity contribution in [3.05, 3.63) is 54.4 Å². The lowest BCUT2D eigenvalue weighted by molar-refractivity contribution is -0.132. The van der Waals surface area contributed by atoms with E-state index < -0.39 is 5.54 Å². The third-order valence-corrected chi connectivity index (χ3v) is 4.70. The van der Waals surface area contributed by atoms with Gasteiger partial charge in [-0.05, 0) is 37.6 Å². The van der Waals surface area contributed by atoms with Crippen molar-refractivity contribution >= 4 is 5.91 Å². The van der Waals surface area contributed by atoms with E-state index in [2.05, 4.69) is 15.7 Å². The molecule has 0 bridgehead atoms. The lowest BCUT2D eigenvalue weighted by Crippen LogP contribution is -2.55. The summed E-state index contributed by atoms with van der Waals surface area (Å²) in [6, 6.07) is 11.8. The van der Waals surface area contributed by atoms with E-state index in [9.17, 15) is 4.79 Å². The first-order valence-electron chi connectivity index (χ1n) is 8.33. The fourth-order valence-electron chi connectivity index (χ4n) is 3.28. The van der Waals surface area contributed by atoms with E-state index in [0.29, 0.717) is 6.54 Å². The molecular weight excluding hydrogens is 304 g/mol. The van der Waals surface area contributed by atoms with Crippen molar-refractivity contribution in [1.82, 2.24) is 20.4 Å². The molecule has 128 valence electrons. The molecular formula is C18H24N4O2. The van der Waals surface area contributed by atoms with Crippen molar-refractivity contribution in [3.63, 3.8) is 0 Å². The zero-order valence-corrected chi connectivity index (χ0v) is 13.9. The molecule has 1 atom stereocenters. The molecule has 6 heteroatoms. The van der Waals surface area contributed by atoms with Gasteiger partial charge in [0.2, 0.25) is 5.91 Å². The van der Waals surface area contributed by atoms with Crippen molar-refractivity contribution < 1.29 is 9.53 Å². The molecule has 1 fully saturated rings. The minimum Gasteiger partial charge on any atom is -0.375 e. The number of ether oxygens (including phenoxy) is 1. The van der Waals surface area contributed by atoms with Crippen LogP contribution in [0.15, 0.2) is 48.8 Å². The van der Waals surface area contributed by atoms with Gasteiger partial charge in [-0.3, -0.25) is 9.48 Å². The fraction of sp³-hybridized carbons (Fsp3) is 0.444. The molecule has 6 nitrogen and oxygen atoms in total. The highest BCUT2D eigenvalue weighted by Gasteiger charge is 2.42. The predicted octanol–water partition coefficient (Wildman–Crippen LogP) is 1.47. The van der Waals surface area contributed by atoms with E-state index in [-0.39, 0.29) is 12.0 Å². The van der Waals surface area contributed by atoms with Gasteiger partial charge in [-0.15, -0.1) is 0 Å². The summed E-state index contributed by atoms with van der Waals surface area (Å²) in [5.74, 6) is 0.00526. The Bertz CT molecular complexity index is 636. The minimum atomic E-state index is -0.621. The number of carbonyl (C=O) groups excluding carboxylic acids is 1. The largest absolute Gasteiger partial charge is 0.375 e. The number of carbonyl (C=O) groups is 1. The normalized spacial score (nSPS) is 18.0. The van der Waals surface area contributed by atoms with Crippen molar-refractivity contribution in [3.8, 4) is 0 Å². The Morgan fingerprint density at radius 1 is 1.33 bits per heavy atom. The number of nitrogens with zero attached hydrogens (tertiary/aromatic N) is 2. The maximum absolute atomic E-state index is 13.0. The number of hydrogen-bond acceptors (Lipinski definition) is 4. The summed E-state index contributed by atoms with van der Waals surface area (Å²) >= 11 is 0. The number of benzene rings is 1. The quantitative estimate of drug-likeness (QED) is 0.842. The summed E-state index contributed by atoms with van der Waals surface area (Å²) in [4.78, 5) is 13.0. The smallest absolute Gasteiger partial charge is 0.248 e. The van der Waals surface area contributed by atoms with Crippen LogP contribution in [0.25, 0.3) is 0 Å². The van der Waals surface area contributed by atoms with Gasteiger partial charge in [-0.25, -0.2) is 0 Å². The molecule has 1 amide bonds. The SMILES string of the molecule is COC(CNC(=O)C1(n2cccn2)CCNCC1)c1ccccc1. The number of methoxy groups -OCH3 is 1. The Morgan fingerprint density at radius 3 is 2.71 bits per heavy atom. The fourth-order valence-corrected chi connectivity index (χ4v) is 3.28. The van der Waals surface area contributed by atoms with Crippen LogP contribution in [0.4, 0.5) is 0 Å². The second-order valence-electron chi connectivity index (χ2n) is 6.08. The first-order chi connectivity index (χ1) is 11.8. The molecule has 1 unspecified atom stereocenters. The van der Waals surface area contributed by atoms with E-state index in [1.54, 1.807) is 18.0 Å². The lowest BCUT2D eigenvalue weighted by Gasteiger charge is -2.36. The standard InChI is InChI=1S/C18H24N4O2/c1-24-16(15-6-3-2-4-7-15)14-20-17(23)18(8-11-19-12-9-18)22-13-5-10-21-22/h2-7,10,13,16,19H,8-9,11-12,14H2,1H3,(H,20,23). The van der Waals surface area contributed by atoms with Gasteiger partial charge in [0.15, 0.2) is 0 Å². The van der Waals surface area contributed by atoms with E-state index in [1.807, 2.05) is 42.6 Å². The number of amides is 1. The van der Waals surface area contributed by atoms with E-state index in [1.165, 1.54) is 0 Å². The molecule has 0 spiro atoms. The Kier molecular flexibility index (Phi) is 5.27. The Hall–Kier alpha value is -2.18. The predicted molar refractivity (Wildman–Crippen MR) is 91.5 cm³/mol. The second kappa shape index (κ2) is 7.59. The van der Waals surface area contributed by atoms with Gasteiger partial charge in [-0.2, -0.15) is 5.10 Å². The zero-order valence-electron chi connectivity index (χ0n) is 13.9. The van der Waals surface area contributed by atoms with Gasteiger partial charge >= 0.3 is 0 Å². The Morgan fingerprint density at radius 2 is 2.08 bits per heavy atom. The van der Waals surface area contributed by atoms with Crippen molar-refractivity contribution in [2.24, 2.45) is 0 Å². The number of hydrogen-bond donors (Lipinski definition) is 2. The number of nitrogens with one attached hydrogen (secondary N) is 2. The third kappa shape index (κ3) is 3.34. The highest BCUT2D eigenvalue weighted by atomic mass is 16.5. The first-order valence-corrected chi connectivity index (χ1v) is 8.33. The number of aromatic nitrogens is 2. The summed E-state index contributed by atoms with van der Waals surface area (Å²) in [6.07, 6.45) is 4.88. The van der Waals surface area contributed by atoms with Gasteiger partial charge in [0, 0.05) is 26.0 Å². The van der Waals surface area contributed by atoms with Crippen LogP contribution in [0.5, 0.6) is 0 Å². The Balaban J connectivity index is 1.72. The third-order valence-electron chi connectivity index (χ3n) is 4.70. The summed E-state index contributed by atoms with van der Waals surface area (Å²) in [5, 5.41) is 10.7. The van der Waals surface area contributed by atoms with E-state index in [0.717, 1.165) is 31.5 Å². The molecule has 1 aromatic carbocycles. The van der Waals surface area contributed by atoms with Gasteiger partial charge in [-0.1, -0.05) is 30.3 Å². The van der Waals surface area contributed by atoms with Gasteiger partial charge < -0.3 is 15.4 Å². The first kappa shape index (κ1) is 16.7. The van der Waals surface area contributed by atoms with Crippen molar-refractivity contribution in [2.75, 3.05) is 26.7 Å². The number of piperidine rings is 1. The molecule has 1 aromatic heterocycles. The highest BCUT2D eigenvalue weighted by molar-refractivity contribution is 5.84. The molecule has 24 heavy (non-hydrogen) atoms. The zero-order chi connectivity index (χ0) is 16.8. The average Bonchev–Trinajstić information content (AvgIpc) is 3.19. The van der Waals surface area contributed by atoms with E-state index >= 15 is 0 Å². The monoisotopic (exact) mass is 328 g/mol. The summed E-state index contributed by atoms with van der Waals surface area (Å²) in [5.41, 5.74) is 0.433. The Labute approximate surface area is 142 Å². The summed E-state index contributed by atoms with van der Waals surface area (Å²) in [7, 11) is 1.66. The van der Waals surface area contributed by atoms with Crippen LogP contribution in [-0.2, 0) is 15.1 Å². The lowest BCUT2D eigenvalue weighted by atomic mass is 9.87. The second-order valence-corrected chi connectivity index (χ2v) is 6.08. The molecule has 2 N–H and O–H groups in total. The molecule has 0 aliphatic carbocycles. The summed E-state index contributed by atoms with van der Waals surface area (Å²) < 4.78 is 7.35. The topological polar surface area (TPSA) is 68.2 Å². The molecule has 0 radical (unpaired) electrons. The molecule has 2 heterocycles. The van der Waals surface area contributed by atoms with Crippen LogP contribution >= 0.6 is 0 Å². The van der Waals surface area contributed by atoms with E-state index in [4.69, 9.17) is 4.74 Å². The van der Waals surface area contributed by atoms with Gasteiger partial charge in [0.25, 0.3) is 0 Å². The molecule has 3 rings (SSSR count). The van der Waals surface area contributed by atoms with Gasteiger partial charge in [0.1, 0.15) is 5.54 Å².